The summed E-state index contributed by atoms with van der Waals surface area (Å²) in [6.07, 6.45) is 7.90. The van der Waals surface area contributed by atoms with Crippen molar-refractivity contribution >= 4 is 44.4 Å². The molecule has 0 unspecified atom stereocenters. The Bertz CT molecular complexity index is 3160. The highest BCUT2D eigenvalue weighted by atomic mass is 15.0. The van der Waals surface area contributed by atoms with E-state index in [-0.39, 0.29) is 0 Å². The van der Waals surface area contributed by atoms with Crippen LogP contribution >= 0.6 is 0 Å². The highest BCUT2D eigenvalue weighted by Crippen LogP contribution is 2.40. The molecule has 10 aromatic rings. The van der Waals surface area contributed by atoms with Crippen LogP contribution in [0.5, 0.6) is 0 Å². The maximum Gasteiger partial charge on any atom is 0.0547 e. The molecule has 8 aromatic carbocycles. The number of hydrogen-bond acceptors (Lipinski definition) is 0. The molecule has 0 N–H and O–H groups in total. The Kier molecular flexibility index (Phi) is 7.93. The summed E-state index contributed by atoms with van der Waals surface area (Å²) < 4.78 is 4.88. The summed E-state index contributed by atoms with van der Waals surface area (Å²) in [5, 5.41) is 3.76. The van der Waals surface area contributed by atoms with Crippen molar-refractivity contribution in [1.29, 1.82) is 0 Å². The first-order chi connectivity index (χ1) is 28.3. The maximum atomic E-state index is 2.46. The molecule has 0 fully saturated rings. The van der Waals surface area contributed by atoms with Crippen molar-refractivity contribution in [3.05, 3.63) is 229 Å². The number of fused-ring (bicyclic) bond motifs is 6. The van der Waals surface area contributed by atoms with E-state index in [2.05, 4.69) is 228 Å². The van der Waals surface area contributed by atoms with E-state index in [1.165, 1.54) is 94.2 Å². The third-order valence-electron chi connectivity index (χ3n) is 11.6. The van der Waals surface area contributed by atoms with Gasteiger partial charge in [-0.1, -0.05) is 164 Å². The molecule has 57 heavy (non-hydrogen) atoms. The van der Waals surface area contributed by atoms with Gasteiger partial charge in [-0.25, -0.2) is 0 Å². The van der Waals surface area contributed by atoms with Gasteiger partial charge < -0.3 is 9.13 Å². The van der Waals surface area contributed by atoms with Crippen LogP contribution in [0.1, 0.15) is 16.8 Å². The largest absolute Gasteiger partial charge is 0.313 e. The topological polar surface area (TPSA) is 9.86 Å². The van der Waals surface area contributed by atoms with Gasteiger partial charge in [0.2, 0.25) is 0 Å². The second-order valence-corrected chi connectivity index (χ2v) is 14.9. The van der Waals surface area contributed by atoms with E-state index >= 15 is 0 Å². The lowest BCUT2D eigenvalue weighted by Crippen LogP contribution is -2.00. The first kappa shape index (κ1) is 33.0. The maximum absolute atomic E-state index is 2.46. The van der Waals surface area contributed by atoms with E-state index in [0.717, 1.165) is 12.1 Å². The molecule has 0 radical (unpaired) electrons. The van der Waals surface area contributed by atoms with E-state index in [0.29, 0.717) is 0 Å². The molecule has 2 heteroatoms. The first-order valence-electron chi connectivity index (χ1n) is 19.7. The second-order valence-electron chi connectivity index (χ2n) is 14.9. The standard InChI is InChI=1S/C55H38N2/c1-4-14-38(15-5-1)40-26-28-41(29-27-40)45-30-32-49-51-36-44(31-33-54(51)56(55(49)37-45)46-20-8-3-9-21-46)43-19-13-25-53-50(35-43)48-23-10-11-24-52(48)57(53)47-22-12-18-42(34-47)39-16-6-2-7-17-39/h1-24,26-37H,25H2. The van der Waals surface area contributed by atoms with Crippen LogP contribution in [0, 0.1) is 0 Å². The molecule has 0 atom stereocenters. The average Bonchev–Trinajstić information content (AvgIpc) is 3.68. The number of rotatable bonds is 6. The van der Waals surface area contributed by atoms with Gasteiger partial charge >= 0.3 is 0 Å². The van der Waals surface area contributed by atoms with Crippen LogP contribution in [0.25, 0.3) is 89.1 Å². The zero-order valence-electron chi connectivity index (χ0n) is 31.4. The van der Waals surface area contributed by atoms with E-state index in [4.69, 9.17) is 0 Å². The Morgan fingerprint density at radius 2 is 0.895 bits per heavy atom. The fraction of sp³-hybridized carbons (Fsp3) is 0.0182. The summed E-state index contributed by atoms with van der Waals surface area (Å²) in [6, 6.07) is 72.7. The summed E-state index contributed by atoms with van der Waals surface area (Å²) in [5.41, 5.74) is 18.3. The fourth-order valence-corrected chi connectivity index (χ4v) is 8.83. The molecule has 0 aliphatic heterocycles. The lowest BCUT2D eigenvalue weighted by Gasteiger charge is -2.12. The molecular weight excluding hydrogens is 689 g/mol. The Labute approximate surface area is 332 Å². The third kappa shape index (κ3) is 5.73. The molecular formula is C55H38N2. The molecule has 2 aromatic heterocycles. The van der Waals surface area contributed by atoms with Gasteiger partial charge in [0.15, 0.2) is 0 Å². The van der Waals surface area contributed by atoms with Gasteiger partial charge in [0.05, 0.1) is 16.6 Å². The Morgan fingerprint density at radius 3 is 1.67 bits per heavy atom. The molecule has 0 saturated carbocycles. The van der Waals surface area contributed by atoms with Crippen LogP contribution in [0.2, 0.25) is 0 Å². The molecule has 2 heterocycles. The summed E-state index contributed by atoms with van der Waals surface area (Å²) in [6.45, 7) is 0. The molecule has 0 bridgehead atoms. The summed E-state index contributed by atoms with van der Waals surface area (Å²) in [7, 11) is 0. The Hall–Kier alpha value is -7.42. The SMILES string of the molecule is C1=CC(c2ccc3c(c2)c2ccc(-c4ccc(-c5ccccc5)cc4)cc2n3-c2ccccc2)=Cc2c(n(-c3cccc(-c4ccccc4)c3)c3ccccc23)C1. The zero-order chi connectivity index (χ0) is 37.7. The highest BCUT2D eigenvalue weighted by Gasteiger charge is 2.20. The van der Waals surface area contributed by atoms with Gasteiger partial charge in [-0.05, 0) is 99.1 Å². The number of hydrogen-bond donors (Lipinski definition) is 0. The van der Waals surface area contributed by atoms with Crippen LogP contribution < -0.4 is 0 Å². The van der Waals surface area contributed by atoms with Crippen LogP contribution in [0.4, 0.5) is 0 Å². The Morgan fingerprint density at radius 1 is 0.333 bits per heavy atom. The molecule has 11 rings (SSSR count). The summed E-state index contributed by atoms with van der Waals surface area (Å²) >= 11 is 0. The molecule has 0 spiro atoms. The molecule has 2 nitrogen and oxygen atoms in total. The highest BCUT2D eigenvalue weighted by molar-refractivity contribution is 6.12. The summed E-state index contributed by atoms with van der Waals surface area (Å²) in [4.78, 5) is 0. The van der Waals surface area contributed by atoms with Crippen molar-refractivity contribution in [2.75, 3.05) is 0 Å². The van der Waals surface area contributed by atoms with E-state index in [1.54, 1.807) is 0 Å². The quantitative estimate of drug-likeness (QED) is 0.161. The lowest BCUT2D eigenvalue weighted by atomic mass is 9.98. The average molecular weight is 727 g/mol. The van der Waals surface area contributed by atoms with E-state index in [1.807, 2.05) is 0 Å². The molecule has 1 aliphatic rings. The normalized spacial score (nSPS) is 12.5. The van der Waals surface area contributed by atoms with Crippen LogP contribution in [-0.4, -0.2) is 9.13 Å². The number of benzene rings is 8. The van der Waals surface area contributed by atoms with Crippen molar-refractivity contribution in [3.63, 3.8) is 0 Å². The number of para-hydroxylation sites is 2. The van der Waals surface area contributed by atoms with E-state index in [9.17, 15) is 0 Å². The minimum atomic E-state index is 0.838. The van der Waals surface area contributed by atoms with Gasteiger partial charge in [0.1, 0.15) is 0 Å². The number of allylic oxidation sites excluding steroid dienone is 3. The van der Waals surface area contributed by atoms with Crippen molar-refractivity contribution < 1.29 is 0 Å². The molecule has 1 aliphatic carbocycles. The van der Waals surface area contributed by atoms with Gasteiger partial charge in [-0.3, -0.25) is 0 Å². The minimum absolute atomic E-state index is 0.838. The predicted octanol–water partition coefficient (Wildman–Crippen LogP) is 14.4. The second kappa shape index (κ2) is 13.7. The van der Waals surface area contributed by atoms with Gasteiger partial charge in [-0.15, -0.1) is 0 Å². The van der Waals surface area contributed by atoms with Crippen molar-refractivity contribution in [2.45, 2.75) is 6.42 Å². The Balaban J connectivity index is 1.04. The predicted molar refractivity (Wildman–Crippen MR) is 241 cm³/mol. The molecule has 0 saturated heterocycles. The van der Waals surface area contributed by atoms with E-state index < -0.39 is 0 Å². The van der Waals surface area contributed by atoms with Crippen LogP contribution in [0.15, 0.2) is 212 Å². The number of aromatic nitrogens is 2. The van der Waals surface area contributed by atoms with Crippen molar-refractivity contribution in [1.82, 2.24) is 9.13 Å². The fourth-order valence-electron chi connectivity index (χ4n) is 8.83. The molecule has 0 amide bonds. The first-order valence-corrected chi connectivity index (χ1v) is 19.7. The minimum Gasteiger partial charge on any atom is -0.313 e. The van der Waals surface area contributed by atoms with Crippen molar-refractivity contribution in [2.24, 2.45) is 0 Å². The van der Waals surface area contributed by atoms with Crippen molar-refractivity contribution in [3.8, 4) is 44.8 Å². The van der Waals surface area contributed by atoms with Crippen LogP contribution in [-0.2, 0) is 6.42 Å². The van der Waals surface area contributed by atoms with Gasteiger partial charge in [0.25, 0.3) is 0 Å². The smallest absolute Gasteiger partial charge is 0.0547 e. The van der Waals surface area contributed by atoms with Crippen LogP contribution in [0.3, 0.4) is 0 Å². The molecule has 268 valence electrons. The monoisotopic (exact) mass is 726 g/mol. The third-order valence-corrected chi connectivity index (χ3v) is 11.6. The number of nitrogens with zero attached hydrogens (tertiary/aromatic N) is 2. The summed E-state index contributed by atoms with van der Waals surface area (Å²) in [5.74, 6) is 0. The van der Waals surface area contributed by atoms with Gasteiger partial charge in [0, 0.05) is 45.2 Å². The lowest BCUT2D eigenvalue weighted by molar-refractivity contribution is 1.00. The zero-order valence-corrected chi connectivity index (χ0v) is 31.4. The van der Waals surface area contributed by atoms with Gasteiger partial charge in [-0.2, -0.15) is 0 Å².